The van der Waals surface area contributed by atoms with Gasteiger partial charge in [-0.15, -0.1) is 0 Å². The van der Waals surface area contributed by atoms with Gasteiger partial charge in [0.05, 0.1) is 20.0 Å². The molecule has 5 nitrogen and oxygen atoms in total. The molecule has 20 heavy (non-hydrogen) atoms. The van der Waals surface area contributed by atoms with Gasteiger partial charge >= 0.3 is 0 Å². The third-order valence-electron chi connectivity index (χ3n) is 3.78. The predicted molar refractivity (Wildman–Crippen MR) is 78.1 cm³/mol. The first-order valence-electron chi connectivity index (χ1n) is 6.72. The van der Waals surface area contributed by atoms with Gasteiger partial charge in [-0.2, -0.15) is 0 Å². The maximum Gasteiger partial charge on any atom is 0.211 e. The zero-order chi connectivity index (χ0) is 14.8. The molecule has 1 atom stereocenters. The van der Waals surface area contributed by atoms with E-state index in [-0.39, 0.29) is 11.7 Å². The molecule has 1 aromatic carbocycles. The highest BCUT2D eigenvalue weighted by molar-refractivity contribution is 7.89. The molecule has 0 saturated carbocycles. The van der Waals surface area contributed by atoms with Gasteiger partial charge in [-0.05, 0) is 48.9 Å². The minimum Gasteiger partial charge on any atom is -0.493 e. The Morgan fingerprint density at radius 3 is 2.50 bits per heavy atom. The van der Waals surface area contributed by atoms with Crippen LogP contribution in [-0.4, -0.2) is 34.9 Å². The summed E-state index contributed by atoms with van der Waals surface area (Å²) in [6, 6.07) is 3.95. The number of fused-ring (bicyclic) bond motifs is 1. The van der Waals surface area contributed by atoms with Crippen molar-refractivity contribution < 1.29 is 17.9 Å². The lowest BCUT2D eigenvalue weighted by atomic mass is 10.0. The molecule has 0 bridgehead atoms. The van der Waals surface area contributed by atoms with Crippen LogP contribution in [0.15, 0.2) is 12.1 Å². The molecule has 1 aliphatic carbocycles. The number of aryl methyl sites for hydroxylation is 1. The van der Waals surface area contributed by atoms with E-state index in [1.54, 1.807) is 21.1 Å². The Morgan fingerprint density at radius 1 is 1.25 bits per heavy atom. The van der Waals surface area contributed by atoms with Crippen molar-refractivity contribution in [1.82, 2.24) is 4.72 Å². The van der Waals surface area contributed by atoms with E-state index in [2.05, 4.69) is 4.72 Å². The zero-order valence-corrected chi connectivity index (χ0v) is 12.9. The zero-order valence-electron chi connectivity index (χ0n) is 12.1. The van der Waals surface area contributed by atoms with Gasteiger partial charge < -0.3 is 9.47 Å². The number of methoxy groups -OCH3 is 2. The Morgan fingerprint density at radius 2 is 1.90 bits per heavy atom. The van der Waals surface area contributed by atoms with Gasteiger partial charge in [0.15, 0.2) is 11.5 Å². The summed E-state index contributed by atoms with van der Waals surface area (Å²) >= 11 is 0. The van der Waals surface area contributed by atoms with Crippen LogP contribution in [0.2, 0.25) is 0 Å². The molecule has 0 fully saturated rings. The Balaban J connectivity index is 2.20. The number of nitrogens with one attached hydrogen (secondary N) is 1. The summed E-state index contributed by atoms with van der Waals surface area (Å²) in [7, 11) is 0.0783. The molecule has 0 amide bonds. The van der Waals surface area contributed by atoms with Crippen LogP contribution in [0.1, 0.15) is 30.4 Å². The highest BCUT2D eigenvalue weighted by atomic mass is 32.2. The molecule has 1 aliphatic rings. The molecule has 0 radical (unpaired) electrons. The van der Waals surface area contributed by atoms with Gasteiger partial charge in [-0.1, -0.05) is 0 Å². The van der Waals surface area contributed by atoms with Crippen LogP contribution in [0, 0.1) is 0 Å². The average molecular weight is 299 g/mol. The molecule has 0 saturated heterocycles. The minimum absolute atomic E-state index is 0.110. The van der Waals surface area contributed by atoms with Crippen LogP contribution in [0.4, 0.5) is 0 Å². The third-order valence-corrected chi connectivity index (χ3v) is 5.14. The first kappa shape index (κ1) is 15.1. The smallest absolute Gasteiger partial charge is 0.211 e. The number of rotatable bonds is 6. The summed E-state index contributed by atoms with van der Waals surface area (Å²) in [6.07, 6.45) is 1.88. The van der Waals surface area contributed by atoms with E-state index in [9.17, 15) is 8.42 Å². The van der Waals surface area contributed by atoms with Crippen LogP contribution in [0.3, 0.4) is 0 Å². The van der Waals surface area contributed by atoms with E-state index in [0.29, 0.717) is 12.3 Å². The fraction of sp³-hybridized carbons (Fsp3) is 0.571. The molecule has 1 N–H and O–H groups in total. The highest BCUT2D eigenvalue weighted by Gasteiger charge is 2.25. The fourth-order valence-electron chi connectivity index (χ4n) is 2.56. The summed E-state index contributed by atoms with van der Waals surface area (Å²) in [4.78, 5) is 0. The molecule has 112 valence electrons. The molecular weight excluding hydrogens is 278 g/mol. The number of sulfonamides is 1. The van der Waals surface area contributed by atoms with E-state index >= 15 is 0 Å². The number of hydrogen-bond acceptors (Lipinski definition) is 4. The molecule has 2 rings (SSSR count). The number of hydrogen-bond donors (Lipinski definition) is 1. The Hall–Kier alpha value is -1.27. The quantitative estimate of drug-likeness (QED) is 0.868. The highest BCUT2D eigenvalue weighted by Crippen LogP contribution is 2.40. The first-order chi connectivity index (χ1) is 9.50. The molecule has 1 unspecified atom stereocenters. The molecule has 1 aromatic rings. The van der Waals surface area contributed by atoms with E-state index in [1.165, 1.54) is 5.56 Å². The number of benzene rings is 1. The summed E-state index contributed by atoms with van der Waals surface area (Å²) in [5.41, 5.74) is 2.37. The van der Waals surface area contributed by atoms with Crippen LogP contribution in [0.5, 0.6) is 11.5 Å². The Kier molecular flexibility index (Phi) is 4.55. The topological polar surface area (TPSA) is 64.6 Å². The van der Waals surface area contributed by atoms with Crippen molar-refractivity contribution in [2.75, 3.05) is 26.5 Å². The van der Waals surface area contributed by atoms with E-state index in [0.717, 1.165) is 24.2 Å². The summed E-state index contributed by atoms with van der Waals surface area (Å²) < 4.78 is 36.3. The molecule has 0 spiro atoms. The normalized spacial score (nSPS) is 17.9. The predicted octanol–water partition coefficient (Wildman–Crippen LogP) is 1.67. The van der Waals surface area contributed by atoms with Gasteiger partial charge in [-0.25, -0.2) is 13.1 Å². The van der Waals surface area contributed by atoms with Gasteiger partial charge in [-0.3, -0.25) is 0 Å². The lowest BCUT2D eigenvalue weighted by molar-refractivity contribution is 0.354. The van der Waals surface area contributed by atoms with Crippen LogP contribution in [-0.2, 0) is 16.4 Å². The van der Waals surface area contributed by atoms with Crippen LogP contribution >= 0.6 is 0 Å². The molecule has 0 aromatic heterocycles. The second-order valence-corrected chi connectivity index (χ2v) is 6.99. The average Bonchev–Trinajstić information content (AvgIpc) is 2.85. The Bertz CT molecular complexity index is 583. The maximum atomic E-state index is 11.5. The maximum absolute atomic E-state index is 11.5. The number of ether oxygens (including phenoxy) is 2. The lowest BCUT2D eigenvalue weighted by Crippen LogP contribution is -2.29. The van der Waals surface area contributed by atoms with Crippen molar-refractivity contribution in [2.24, 2.45) is 0 Å². The van der Waals surface area contributed by atoms with E-state index < -0.39 is 10.0 Å². The lowest BCUT2D eigenvalue weighted by Gasteiger charge is -2.15. The first-order valence-corrected chi connectivity index (χ1v) is 8.38. The summed E-state index contributed by atoms with van der Waals surface area (Å²) in [5, 5.41) is 0. The monoisotopic (exact) mass is 299 g/mol. The largest absolute Gasteiger partial charge is 0.493 e. The molecule has 6 heteroatoms. The van der Waals surface area contributed by atoms with Gasteiger partial charge in [0.2, 0.25) is 10.0 Å². The molecular formula is C14H21NO4S. The van der Waals surface area contributed by atoms with Crippen LogP contribution < -0.4 is 14.2 Å². The summed E-state index contributed by atoms with van der Waals surface area (Å²) in [5.74, 6) is 1.72. The van der Waals surface area contributed by atoms with Crippen molar-refractivity contribution in [2.45, 2.75) is 25.7 Å². The van der Waals surface area contributed by atoms with Gasteiger partial charge in [0, 0.05) is 6.54 Å². The van der Waals surface area contributed by atoms with E-state index in [1.807, 2.05) is 12.1 Å². The second kappa shape index (κ2) is 6.01. The second-order valence-electron chi connectivity index (χ2n) is 4.89. The van der Waals surface area contributed by atoms with Crippen LogP contribution in [0.25, 0.3) is 0 Å². The van der Waals surface area contributed by atoms with Gasteiger partial charge in [0.1, 0.15) is 0 Å². The van der Waals surface area contributed by atoms with Gasteiger partial charge in [0.25, 0.3) is 0 Å². The summed E-state index contributed by atoms with van der Waals surface area (Å²) in [6.45, 7) is 2.08. The van der Waals surface area contributed by atoms with Crippen molar-refractivity contribution in [1.29, 1.82) is 0 Å². The van der Waals surface area contributed by atoms with Crippen molar-refractivity contribution >= 4 is 10.0 Å². The Labute approximate surface area is 120 Å². The van der Waals surface area contributed by atoms with Crippen molar-refractivity contribution in [3.63, 3.8) is 0 Å². The standard InChI is InChI=1S/C14H21NO4S/c1-4-20(16,17)15-9-11-6-5-10-7-13(18-2)14(19-3)8-12(10)11/h7-8,11,15H,4-6,9H2,1-3H3. The fourth-order valence-corrected chi connectivity index (χ4v) is 3.22. The molecule has 0 heterocycles. The molecule has 0 aliphatic heterocycles. The van der Waals surface area contributed by atoms with Crippen molar-refractivity contribution in [3.8, 4) is 11.5 Å². The third kappa shape index (κ3) is 3.07. The minimum atomic E-state index is -3.14. The van der Waals surface area contributed by atoms with E-state index in [4.69, 9.17) is 9.47 Å². The SMILES string of the molecule is CCS(=O)(=O)NCC1CCc2cc(OC)c(OC)cc21. The van der Waals surface area contributed by atoms with Crippen molar-refractivity contribution in [3.05, 3.63) is 23.3 Å².